The number of rotatable bonds is 15. The van der Waals surface area contributed by atoms with Crippen LogP contribution in [0.4, 0.5) is 5.69 Å². The molecule has 0 aliphatic rings. The van der Waals surface area contributed by atoms with Crippen LogP contribution in [0, 0.1) is 0 Å². The predicted octanol–water partition coefficient (Wildman–Crippen LogP) is 2.28. The highest BCUT2D eigenvalue weighted by atomic mass is 16.4. The highest BCUT2D eigenvalue weighted by Crippen LogP contribution is 2.16. The van der Waals surface area contributed by atoms with Crippen molar-refractivity contribution in [3.05, 3.63) is 65.7 Å². The molecule has 0 unspecified atom stereocenters. The second-order valence-corrected chi connectivity index (χ2v) is 8.81. The third kappa shape index (κ3) is 9.40. The Morgan fingerprint density at radius 3 is 2.14 bits per heavy atom. The first-order chi connectivity index (χ1) is 17.2. The van der Waals surface area contributed by atoms with Crippen LogP contribution in [-0.2, 0) is 32.0 Å². The Kier molecular flexibility index (Phi) is 11.4. The summed E-state index contributed by atoms with van der Waals surface area (Å²) in [5.74, 6) is -2.73. The molecule has 0 bridgehead atoms. The molecule has 0 saturated carbocycles. The van der Waals surface area contributed by atoms with E-state index in [1.54, 1.807) is 24.3 Å². The van der Waals surface area contributed by atoms with Gasteiger partial charge in [-0.1, -0.05) is 62.2 Å². The van der Waals surface area contributed by atoms with Gasteiger partial charge in [-0.3, -0.25) is 19.2 Å². The maximum Gasteiger partial charge on any atom is 0.303 e. The van der Waals surface area contributed by atoms with Crippen LogP contribution in [0.15, 0.2) is 54.6 Å². The SMILES string of the molecule is CCCCCN(C(=O)[C@H](Cc1ccccc1)NC(=O)CCC(=O)O)[C@@H](Cc1ccc(N)cc1)C(N)=O. The van der Waals surface area contributed by atoms with Crippen LogP contribution in [0.1, 0.15) is 50.2 Å². The van der Waals surface area contributed by atoms with Crippen LogP contribution in [0.2, 0.25) is 0 Å². The van der Waals surface area contributed by atoms with Crippen molar-refractivity contribution in [3.8, 4) is 0 Å². The molecule has 0 heterocycles. The molecule has 2 rings (SSSR count). The van der Waals surface area contributed by atoms with E-state index in [0.717, 1.165) is 24.0 Å². The van der Waals surface area contributed by atoms with Gasteiger partial charge in [0, 0.05) is 31.5 Å². The van der Waals surface area contributed by atoms with Gasteiger partial charge in [0.15, 0.2) is 0 Å². The summed E-state index contributed by atoms with van der Waals surface area (Å²) in [6.07, 6.45) is 2.23. The number of carbonyl (C=O) groups excluding carboxylic acids is 3. The average Bonchev–Trinajstić information content (AvgIpc) is 2.85. The molecule has 0 aromatic heterocycles. The fraction of sp³-hybridized carbons (Fsp3) is 0.407. The van der Waals surface area contributed by atoms with Crippen molar-refractivity contribution in [2.24, 2.45) is 5.73 Å². The van der Waals surface area contributed by atoms with Crippen molar-refractivity contribution in [1.82, 2.24) is 10.2 Å². The Hall–Kier alpha value is -3.88. The minimum Gasteiger partial charge on any atom is -0.481 e. The Morgan fingerprint density at radius 1 is 0.917 bits per heavy atom. The number of anilines is 1. The molecular weight excluding hydrogens is 460 g/mol. The maximum absolute atomic E-state index is 13.9. The highest BCUT2D eigenvalue weighted by Gasteiger charge is 2.33. The fourth-order valence-corrected chi connectivity index (χ4v) is 3.93. The minimum atomic E-state index is -1.10. The molecule has 0 saturated heterocycles. The molecule has 6 N–H and O–H groups in total. The Morgan fingerprint density at radius 2 is 1.56 bits per heavy atom. The van der Waals surface area contributed by atoms with E-state index in [0.29, 0.717) is 18.7 Å². The molecule has 0 aliphatic heterocycles. The summed E-state index contributed by atoms with van der Waals surface area (Å²) in [6, 6.07) is 14.3. The highest BCUT2D eigenvalue weighted by molar-refractivity contribution is 5.92. The van der Waals surface area contributed by atoms with Gasteiger partial charge in [0.1, 0.15) is 12.1 Å². The lowest BCUT2D eigenvalue weighted by atomic mass is 9.99. The monoisotopic (exact) mass is 496 g/mol. The first-order valence-electron chi connectivity index (χ1n) is 12.2. The summed E-state index contributed by atoms with van der Waals surface area (Å²) in [4.78, 5) is 51.3. The zero-order valence-electron chi connectivity index (χ0n) is 20.7. The summed E-state index contributed by atoms with van der Waals surface area (Å²) in [5, 5.41) is 11.6. The number of amides is 3. The fourth-order valence-electron chi connectivity index (χ4n) is 3.93. The van der Waals surface area contributed by atoms with Gasteiger partial charge in [0.2, 0.25) is 17.7 Å². The largest absolute Gasteiger partial charge is 0.481 e. The molecule has 2 atom stereocenters. The Labute approximate surface area is 211 Å². The lowest BCUT2D eigenvalue weighted by molar-refractivity contribution is -0.143. The van der Waals surface area contributed by atoms with E-state index in [1.807, 2.05) is 37.3 Å². The van der Waals surface area contributed by atoms with E-state index in [-0.39, 0.29) is 25.7 Å². The third-order valence-corrected chi connectivity index (χ3v) is 5.88. The number of benzene rings is 2. The lowest BCUT2D eigenvalue weighted by Crippen LogP contribution is -2.56. The molecule has 0 radical (unpaired) electrons. The van der Waals surface area contributed by atoms with E-state index in [4.69, 9.17) is 16.6 Å². The number of carboxylic acid groups (broad SMARTS) is 1. The van der Waals surface area contributed by atoms with Gasteiger partial charge in [0.05, 0.1) is 6.42 Å². The number of nitrogens with one attached hydrogen (secondary N) is 1. The second-order valence-electron chi connectivity index (χ2n) is 8.81. The normalized spacial score (nSPS) is 12.4. The van der Waals surface area contributed by atoms with Crippen LogP contribution in [-0.4, -0.2) is 52.3 Å². The quantitative estimate of drug-likeness (QED) is 0.219. The van der Waals surface area contributed by atoms with Crippen LogP contribution in [0.3, 0.4) is 0 Å². The molecule has 194 valence electrons. The molecule has 2 aromatic carbocycles. The van der Waals surface area contributed by atoms with Crippen LogP contribution < -0.4 is 16.8 Å². The van der Waals surface area contributed by atoms with Crippen molar-refractivity contribution in [2.45, 2.75) is 64.0 Å². The van der Waals surface area contributed by atoms with Crippen molar-refractivity contribution in [2.75, 3.05) is 12.3 Å². The number of carboxylic acids is 1. The van der Waals surface area contributed by atoms with Gasteiger partial charge >= 0.3 is 5.97 Å². The van der Waals surface area contributed by atoms with Gasteiger partial charge < -0.3 is 26.8 Å². The Bertz CT molecular complexity index is 1010. The second kappa shape index (κ2) is 14.5. The van der Waals surface area contributed by atoms with E-state index in [2.05, 4.69) is 5.32 Å². The first-order valence-corrected chi connectivity index (χ1v) is 12.2. The first kappa shape index (κ1) is 28.4. The smallest absolute Gasteiger partial charge is 0.303 e. The molecule has 9 heteroatoms. The van der Waals surface area contributed by atoms with Crippen molar-refractivity contribution >= 4 is 29.4 Å². The number of nitrogens with zero attached hydrogens (tertiary/aromatic N) is 1. The van der Waals surface area contributed by atoms with Gasteiger partial charge in [-0.05, 0) is 29.7 Å². The van der Waals surface area contributed by atoms with E-state index in [1.165, 1.54) is 4.90 Å². The number of nitrogen functional groups attached to an aromatic ring is 1. The van der Waals surface area contributed by atoms with Gasteiger partial charge in [0.25, 0.3) is 0 Å². The van der Waals surface area contributed by atoms with Gasteiger partial charge in [-0.15, -0.1) is 0 Å². The van der Waals surface area contributed by atoms with Gasteiger partial charge in [-0.2, -0.15) is 0 Å². The number of carbonyl (C=O) groups is 4. The number of primary amides is 1. The molecule has 0 aliphatic carbocycles. The minimum absolute atomic E-state index is 0.191. The number of hydrogen-bond donors (Lipinski definition) is 4. The Balaban J connectivity index is 2.35. The molecule has 2 aromatic rings. The van der Waals surface area contributed by atoms with Crippen LogP contribution >= 0.6 is 0 Å². The summed E-state index contributed by atoms with van der Waals surface area (Å²) in [5.41, 5.74) is 13.8. The molecule has 0 fully saturated rings. The molecule has 9 nitrogen and oxygen atoms in total. The van der Waals surface area contributed by atoms with E-state index < -0.39 is 35.8 Å². The standard InChI is InChI=1S/C27H36N4O5/c1-2-3-7-16-31(23(26(29)35)18-20-10-12-21(28)13-11-20)27(36)22(17-19-8-5-4-6-9-19)30-24(32)14-15-25(33)34/h4-6,8-13,22-23H,2-3,7,14-18,28H2,1H3,(H2,29,35)(H,30,32)(H,33,34)/t22-,23-/m0/s1. The van der Waals surface area contributed by atoms with Crippen molar-refractivity contribution < 1.29 is 24.3 Å². The summed E-state index contributed by atoms with van der Waals surface area (Å²) in [7, 11) is 0. The van der Waals surface area contributed by atoms with Crippen LogP contribution in [0.25, 0.3) is 0 Å². The van der Waals surface area contributed by atoms with Gasteiger partial charge in [-0.25, -0.2) is 0 Å². The predicted molar refractivity (Wildman–Crippen MR) is 138 cm³/mol. The molecule has 36 heavy (non-hydrogen) atoms. The summed E-state index contributed by atoms with van der Waals surface area (Å²) in [6.45, 7) is 2.33. The summed E-state index contributed by atoms with van der Waals surface area (Å²) >= 11 is 0. The molecule has 3 amide bonds. The third-order valence-electron chi connectivity index (χ3n) is 5.88. The number of nitrogens with two attached hydrogens (primary N) is 2. The molecular formula is C27H36N4O5. The number of hydrogen-bond acceptors (Lipinski definition) is 5. The average molecular weight is 497 g/mol. The summed E-state index contributed by atoms with van der Waals surface area (Å²) < 4.78 is 0. The van der Waals surface area contributed by atoms with Crippen molar-refractivity contribution in [1.29, 1.82) is 0 Å². The van der Waals surface area contributed by atoms with E-state index >= 15 is 0 Å². The topological polar surface area (TPSA) is 156 Å². The lowest BCUT2D eigenvalue weighted by Gasteiger charge is -2.33. The zero-order valence-corrected chi connectivity index (χ0v) is 20.7. The van der Waals surface area contributed by atoms with Crippen molar-refractivity contribution in [3.63, 3.8) is 0 Å². The zero-order chi connectivity index (χ0) is 26.5. The molecule has 0 spiro atoms. The number of aliphatic carboxylic acids is 1. The van der Waals surface area contributed by atoms with Crippen LogP contribution in [0.5, 0.6) is 0 Å². The van der Waals surface area contributed by atoms with E-state index in [9.17, 15) is 19.2 Å². The maximum atomic E-state index is 13.9. The number of unbranched alkanes of at least 4 members (excludes halogenated alkanes) is 2.